The maximum Gasteiger partial charge on any atom is 0.472 e. The van der Waals surface area contributed by atoms with Crippen LogP contribution < -0.4 is 5.73 Å². The molecule has 0 aliphatic rings. The summed E-state index contributed by atoms with van der Waals surface area (Å²) in [6.07, 6.45) is 55.6. The van der Waals surface area contributed by atoms with Crippen LogP contribution in [-0.2, 0) is 27.9 Å². The zero-order chi connectivity index (χ0) is 42.3. The number of carbonyl (C=O) groups excluding carboxylic acids is 1. The quantitative estimate of drug-likeness (QED) is 0.0269. The van der Waals surface area contributed by atoms with Crippen LogP contribution in [0.5, 0.6) is 0 Å². The molecule has 2 atom stereocenters. The van der Waals surface area contributed by atoms with E-state index in [1.165, 1.54) is 141 Å². The molecule has 0 fully saturated rings. The number of esters is 1. The summed E-state index contributed by atoms with van der Waals surface area (Å²) >= 11 is 0. The van der Waals surface area contributed by atoms with Crippen molar-refractivity contribution >= 4 is 13.8 Å². The Kier molecular flexibility index (Phi) is 45.3. The van der Waals surface area contributed by atoms with Crippen molar-refractivity contribution in [3.05, 3.63) is 48.6 Å². The lowest BCUT2D eigenvalue weighted by Crippen LogP contribution is -2.28. The number of unbranched alkanes of at least 4 members (excludes halogenated alkanes) is 25. The molecule has 58 heavy (non-hydrogen) atoms. The molecule has 0 saturated carbocycles. The van der Waals surface area contributed by atoms with Crippen molar-refractivity contribution in [2.24, 2.45) is 5.73 Å². The molecule has 0 aromatic carbocycles. The van der Waals surface area contributed by atoms with Crippen LogP contribution in [0.15, 0.2) is 48.6 Å². The smallest absolute Gasteiger partial charge is 0.457 e. The minimum Gasteiger partial charge on any atom is -0.457 e. The van der Waals surface area contributed by atoms with Crippen LogP contribution in [-0.4, -0.2) is 49.9 Å². The molecule has 0 bridgehead atoms. The predicted molar refractivity (Wildman–Crippen MR) is 247 cm³/mol. The van der Waals surface area contributed by atoms with Crippen LogP contribution >= 0.6 is 7.82 Å². The van der Waals surface area contributed by atoms with E-state index in [0.717, 1.165) is 57.8 Å². The van der Waals surface area contributed by atoms with Crippen LogP contribution in [0.25, 0.3) is 0 Å². The average Bonchev–Trinajstić information content (AvgIpc) is 3.21. The van der Waals surface area contributed by atoms with Gasteiger partial charge in [0.05, 0.1) is 19.8 Å². The van der Waals surface area contributed by atoms with Gasteiger partial charge in [-0.3, -0.25) is 13.8 Å². The van der Waals surface area contributed by atoms with E-state index in [4.69, 9.17) is 24.3 Å². The molecule has 0 amide bonds. The van der Waals surface area contributed by atoms with Crippen LogP contribution in [0, 0.1) is 0 Å². The molecule has 0 aromatic rings. The summed E-state index contributed by atoms with van der Waals surface area (Å²) in [4.78, 5) is 22.6. The SMILES string of the molecule is CC/C=C\C/C=C\C/C=C\C/C=C\CCCCCCCCCCCCC(=O)OC(COCCCCCCCCCCCCCCCCCC)COP(=O)(O)OCCN. The molecule has 8 nitrogen and oxygen atoms in total. The van der Waals surface area contributed by atoms with Gasteiger partial charge in [0.2, 0.25) is 0 Å². The summed E-state index contributed by atoms with van der Waals surface area (Å²) in [5, 5.41) is 0. The lowest BCUT2D eigenvalue weighted by molar-refractivity contribution is -0.154. The third-order valence-electron chi connectivity index (χ3n) is 10.3. The third-order valence-corrected chi connectivity index (χ3v) is 11.2. The lowest BCUT2D eigenvalue weighted by Gasteiger charge is -2.20. The van der Waals surface area contributed by atoms with Crippen LogP contribution in [0.4, 0.5) is 0 Å². The first-order valence-corrected chi connectivity index (χ1v) is 25.6. The topological polar surface area (TPSA) is 117 Å². The largest absolute Gasteiger partial charge is 0.472 e. The van der Waals surface area contributed by atoms with E-state index < -0.39 is 13.9 Å². The molecule has 0 rings (SSSR count). The van der Waals surface area contributed by atoms with Crippen molar-refractivity contribution < 1.29 is 32.8 Å². The number of hydrogen-bond acceptors (Lipinski definition) is 7. The van der Waals surface area contributed by atoms with Gasteiger partial charge >= 0.3 is 13.8 Å². The molecule has 2 unspecified atom stereocenters. The number of allylic oxidation sites excluding steroid dienone is 8. The number of phosphoric acid groups is 1. The van der Waals surface area contributed by atoms with Crippen molar-refractivity contribution in [2.45, 2.75) is 225 Å². The van der Waals surface area contributed by atoms with Gasteiger partial charge < -0.3 is 20.1 Å². The Morgan fingerprint density at radius 3 is 1.45 bits per heavy atom. The van der Waals surface area contributed by atoms with Crippen LogP contribution in [0.3, 0.4) is 0 Å². The first kappa shape index (κ1) is 56.5. The summed E-state index contributed by atoms with van der Waals surface area (Å²) in [5.41, 5.74) is 5.38. The van der Waals surface area contributed by atoms with E-state index in [0.29, 0.717) is 13.0 Å². The molecular weight excluding hydrogens is 746 g/mol. The van der Waals surface area contributed by atoms with Gasteiger partial charge in [-0.15, -0.1) is 0 Å². The number of carbonyl (C=O) groups is 1. The Morgan fingerprint density at radius 2 is 0.966 bits per heavy atom. The average molecular weight is 838 g/mol. The van der Waals surface area contributed by atoms with E-state index in [-0.39, 0.29) is 32.3 Å². The number of phosphoric ester groups is 1. The van der Waals surface area contributed by atoms with Crippen molar-refractivity contribution in [1.29, 1.82) is 0 Å². The first-order valence-electron chi connectivity index (χ1n) is 24.1. The minimum atomic E-state index is -4.28. The van der Waals surface area contributed by atoms with Gasteiger partial charge in [-0.05, 0) is 51.4 Å². The Morgan fingerprint density at radius 1 is 0.534 bits per heavy atom. The standard InChI is InChI=1S/C49H92NO7P/c1-3-5-7-9-11-13-15-17-19-21-22-23-24-25-26-27-28-30-32-34-36-38-40-42-49(51)57-48(47-56-58(52,53)55-45-43-50)46-54-44-41-39-37-35-33-31-29-20-18-16-14-12-10-8-6-4-2/h5,7,11,13,17,19,22-23,48H,3-4,6,8-10,12,14-16,18,20-21,24-47,50H2,1-2H3,(H,52,53)/b7-5-,13-11-,19-17-,23-22-. The Balaban J connectivity index is 3.96. The normalized spacial score (nSPS) is 13.8. The maximum absolute atomic E-state index is 12.6. The predicted octanol–water partition coefficient (Wildman–Crippen LogP) is 14.8. The molecule has 0 aliphatic heterocycles. The molecule has 0 aliphatic carbocycles. The highest BCUT2D eigenvalue weighted by Gasteiger charge is 2.25. The van der Waals surface area contributed by atoms with Crippen molar-refractivity contribution in [1.82, 2.24) is 0 Å². The fraction of sp³-hybridized carbons (Fsp3) is 0.816. The minimum absolute atomic E-state index is 0.0960. The molecule has 0 spiro atoms. The van der Waals surface area contributed by atoms with Crippen molar-refractivity contribution in [2.75, 3.05) is 33.0 Å². The molecule has 340 valence electrons. The maximum atomic E-state index is 12.6. The second kappa shape index (κ2) is 46.5. The fourth-order valence-electron chi connectivity index (χ4n) is 6.75. The first-order chi connectivity index (χ1) is 28.4. The molecule has 3 N–H and O–H groups in total. The second-order valence-corrected chi connectivity index (χ2v) is 17.4. The summed E-state index contributed by atoms with van der Waals surface area (Å²) in [5.74, 6) is -0.333. The monoisotopic (exact) mass is 838 g/mol. The molecule has 0 radical (unpaired) electrons. The van der Waals surface area contributed by atoms with E-state index in [1.54, 1.807) is 0 Å². The lowest BCUT2D eigenvalue weighted by atomic mass is 10.0. The van der Waals surface area contributed by atoms with E-state index in [1.807, 2.05) is 0 Å². The molecule has 0 heterocycles. The number of ether oxygens (including phenoxy) is 2. The van der Waals surface area contributed by atoms with E-state index in [2.05, 4.69) is 62.5 Å². The summed E-state index contributed by atoms with van der Waals surface area (Å²) in [7, 11) is -4.28. The Labute approximate surface area is 358 Å². The van der Waals surface area contributed by atoms with Gasteiger partial charge in [0.15, 0.2) is 0 Å². The van der Waals surface area contributed by atoms with Crippen LogP contribution in [0.2, 0.25) is 0 Å². The number of hydrogen-bond donors (Lipinski definition) is 2. The van der Waals surface area contributed by atoms with Crippen molar-refractivity contribution in [3.8, 4) is 0 Å². The Hall–Kier alpha value is -1.54. The van der Waals surface area contributed by atoms with Gasteiger partial charge in [0, 0.05) is 19.6 Å². The molecule has 9 heteroatoms. The molecular formula is C49H92NO7P. The molecule has 0 aromatic heterocycles. The van der Waals surface area contributed by atoms with E-state index >= 15 is 0 Å². The van der Waals surface area contributed by atoms with Gasteiger partial charge in [0.1, 0.15) is 6.10 Å². The number of rotatable bonds is 46. The Bertz CT molecular complexity index is 1030. The second-order valence-electron chi connectivity index (χ2n) is 16.0. The van der Waals surface area contributed by atoms with Gasteiger partial charge in [-0.2, -0.15) is 0 Å². The highest BCUT2D eigenvalue weighted by atomic mass is 31.2. The zero-order valence-electron chi connectivity index (χ0n) is 37.8. The van der Waals surface area contributed by atoms with E-state index in [9.17, 15) is 14.3 Å². The third kappa shape index (κ3) is 45.5. The van der Waals surface area contributed by atoms with Gasteiger partial charge in [0.25, 0.3) is 0 Å². The highest BCUT2D eigenvalue weighted by Crippen LogP contribution is 2.43. The fourth-order valence-corrected chi connectivity index (χ4v) is 7.52. The number of nitrogens with two attached hydrogens (primary N) is 1. The van der Waals surface area contributed by atoms with Gasteiger partial charge in [-0.1, -0.05) is 210 Å². The van der Waals surface area contributed by atoms with Crippen LogP contribution in [0.1, 0.15) is 219 Å². The summed E-state index contributed by atoms with van der Waals surface area (Å²) in [6.45, 7) is 4.84. The zero-order valence-corrected chi connectivity index (χ0v) is 38.7. The highest BCUT2D eigenvalue weighted by molar-refractivity contribution is 7.47. The summed E-state index contributed by atoms with van der Waals surface area (Å²) in [6, 6.07) is 0. The van der Waals surface area contributed by atoms with Crippen molar-refractivity contribution in [3.63, 3.8) is 0 Å². The van der Waals surface area contributed by atoms with Gasteiger partial charge in [-0.25, -0.2) is 4.57 Å². The summed E-state index contributed by atoms with van der Waals surface area (Å²) < 4.78 is 33.5. The molecule has 0 saturated heterocycles.